The van der Waals surface area contributed by atoms with Crippen LogP contribution in [0.15, 0.2) is 36.5 Å². The largest absolute Gasteiger partial charge is 0.348 e. The lowest BCUT2D eigenvalue weighted by Gasteiger charge is -2.07. The average Bonchev–Trinajstić information content (AvgIpc) is 2.46. The van der Waals surface area contributed by atoms with Gasteiger partial charge in [0.2, 0.25) is 0 Å². The number of nitrogens with zero attached hydrogens (tertiary/aromatic N) is 1. The van der Waals surface area contributed by atoms with Gasteiger partial charge in [-0.1, -0.05) is 6.07 Å². The summed E-state index contributed by atoms with van der Waals surface area (Å²) in [6, 6.07) is 6.13. The van der Waals surface area contributed by atoms with Gasteiger partial charge in [-0.3, -0.25) is 4.79 Å². The minimum atomic E-state index is -0.704. The number of aromatic nitrogens is 1. The van der Waals surface area contributed by atoms with E-state index in [1.54, 1.807) is 0 Å². The van der Waals surface area contributed by atoms with Crippen molar-refractivity contribution in [3.63, 3.8) is 0 Å². The Balaban J connectivity index is 2.04. The van der Waals surface area contributed by atoms with Gasteiger partial charge in [-0.2, -0.15) is 0 Å². The molecule has 7 heteroatoms. The number of hydrazine groups is 1. The number of benzene rings is 1. The topological polar surface area (TPSA) is 80.0 Å². The molecule has 0 atom stereocenters. The van der Waals surface area contributed by atoms with E-state index in [0.717, 1.165) is 12.1 Å². The Hall–Kier alpha value is -2.54. The van der Waals surface area contributed by atoms with Crippen LogP contribution in [-0.2, 0) is 6.54 Å². The third-order valence-corrected chi connectivity index (χ3v) is 2.62. The predicted molar refractivity (Wildman–Crippen MR) is 69.6 cm³/mol. The van der Waals surface area contributed by atoms with Crippen LogP contribution in [-0.4, -0.2) is 10.9 Å². The first kappa shape index (κ1) is 13.9. The summed E-state index contributed by atoms with van der Waals surface area (Å²) in [5, 5.41) is 2.53. The average molecular weight is 278 g/mol. The van der Waals surface area contributed by atoms with E-state index in [0.29, 0.717) is 11.4 Å². The van der Waals surface area contributed by atoms with Crippen molar-refractivity contribution in [2.45, 2.75) is 6.54 Å². The van der Waals surface area contributed by atoms with Gasteiger partial charge in [-0.05, 0) is 18.2 Å². The third kappa shape index (κ3) is 3.27. The first-order chi connectivity index (χ1) is 9.60. The van der Waals surface area contributed by atoms with E-state index >= 15 is 0 Å². The molecular formula is C13H12F2N4O. The summed E-state index contributed by atoms with van der Waals surface area (Å²) in [5.41, 5.74) is 2.85. The van der Waals surface area contributed by atoms with E-state index in [2.05, 4.69) is 15.7 Å². The molecule has 1 aromatic carbocycles. The molecule has 0 aliphatic rings. The van der Waals surface area contributed by atoms with Crippen molar-refractivity contribution in [1.29, 1.82) is 0 Å². The highest BCUT2D eigenvalue weighted by Crippen LogP contribution is 2.10. The first-order valence-corrected chi connectivity index (χ1v) is 5.75. The van der Waals surface area contributed by atoms with Gasteiger partial charge in [0.25, 0.3) is 5.91 Å². The van der Waals surface area contributed by atoms with Crippen molar-refractivity contribution in [3.05, 3.63) is 59.3 Å². The summed E-state index contributed by atoms with van der Waals surface area (Å²) in [6.07, 6.45) is 1.42. The second-order valence-electron chi connectivity index (χ2n) is 3.99. The summed E-state index contributed by atoms with van der Waals surface area (Å²) in [7, 11) is 0. The number of anilines is 1. The van der Waals surface area contributed by atoms with Crippen molar-refractivity contribution in [3.8, 4) is 0 Å². The zero-order chi connectivity index (χ0) is 14.5. The SMILES string of the molecule is NNc1cc(C(=O)NCc2ccc(F)cc2F)ccn1. The summed E-state index contributed by atoms with van der Waals surface area (Å²) >= 11 is 0. The number of carbonyl (C=O) groups excluding carboxylic acids is 1. The number of hydrogen-bond acceptors (Lipinski definition) is 4. The molecule has 0 aliphatic carbocycles. The maximum Gasteiger partial charge on any atom is 0.251 e. The van der Waals surface area contributed by atoms with E-state index in [1.165, 1.54) is 24.4 Å². The molecule has 0 aliphatic heterocycles. The Labute approximate surface area is 113 Å². The van der Waals surface area contributed by atoms with Gasteiger partial charge >= 0.3 is 0 Å². The molecule has 104 valence electrons. The molecule has 0 unspecified atom stereocenters. The number of hydrogen-bond donors (Lipinski definition) is 3. The Morgan fingerprint density at radius 3 is 2.75 bits per heavy atom. The standard InChI is InChI=1S/C13H12F2N4O/c14-10-2-1-9(11(15)6-10)7-18-13(20)8-3-4-17-12(5-8)19-16/h1-6H,7,16H2,(H,17,19)(H,18,20). The van der Waals surface area contributed by atoms with Gasteiger partial charge in [0.05, 0.1) is 0 Å². The van der Waals surface area contributed by atoms with E-state index < -0.39 is 17.5 Å². The van der Waals surface area contributed by atoms with Crippen molar-refractivity contribution < 1.29 is 13.6 Å². The highest BCUT2D eigenvalue weighted by Gasteiger charge is 2.09. The molecule has 1 heterocycles. The van der Waals surface area contributed by atoms with Crippen LogP contribution < -0.4 is 16.6 Å². The fourth-order valence-electron chi connectivity index (χ4n) is 1.59. The number of amides is 1. The van der Waals surface area contributed by atoms with Crippen molar-refractivity contribution >= 4 is 11.7 Å². The minimum Gasteiger partial charge on any atom is -0.348 e. The van der Waals surface area contributed by atoms with E-state index in [4.69, 9.17) is 5.84 Å². The van der Waals surface area contributed by atoms with Crippen LogP contribution in [0.3, 0.4) is 0 Å². The molecule has 5 nitrogen and oxygen atoms in total. The second kappa shape index (κ2) is 6.07. The fraction of sp³-hybridized carbons (Fsp3) is 0.0769. The smallest absolute Gasteiger partial charge is 0.251 e. The van der Waals surface area contributed by atoms with Gasteiger partial charge in [0.1, 0.15) is 17.5 Å². The molecule has 1 aromatic heterocycles. The Morgan fingerprint density at radius 1 is 1.25 bits per heavy atom. The zero-order valence-corrected chi connectivity index (χ0v) is 10.4. The van der Waals surface area contributed by atoms with Crippen molar-refractivity contribution in [1.82, 2.24) is 10.3 Å². The number of nitrogen functional groups attached to an aromatic ring is 1. The molecule has 0 bridgehead atoms. The van der Waals surface area contributed by atoms with Crippen molar-refractivity contribution in [2.75, 3.05) is 5.43 Å². The van der Waals surface area contributed by atoms with E-state index in [-0.39, 0.29) is 12.1 Å². The van der Waals surface area contributed by atoms with Crippen LogP contribution in [0.4, 0.5) is 14.6 Å². The van der Waals surface area contributed by atoms with Crippen LogP contribution in [0.25, 0.3) is 0 Å². The minimum absolute atomic E-state index is 0.0430. The summed E-state index contributed by atoms with van der Waals surface area (Å²) in [4.78, 5) is 15.7. The lowest BCUT2D eigenvalue weighted by molar-refractivity contribution is 0.0950. The van der Waals surface area contributed by atoms with Gasteiger partial charge in [-0.25, -0.2) is 19.6 Å². The van der Waals surface area contributed by atoms with E-state index in [1.807, 2.05) is 0 Å². The molecule has 4 N–H and O–H groups in total. The fourth-order valence-corrected chi connectivity index (χ4v) is 1.59. The van der Waals surface area contributed by atoms with Crippen LogP contribution in [0.1, 0.15) is 15.9 Å². The van der Waals surface area contributed by atoms with Gasteiger partial charge in [0.15, 0.2) is 0 Å². The van der Waals surface area contributed by atoms with Crippen LogP contribution in [0.2, 0.25) is 0 Å². The number of nitrogens with one attached hydrogen (secondary N) is 2. The van der Waals surface area contributed by atoms with Crippen LogP contribution >= 0.6 is 0 Å². The number of halogens is 2. The summed E-state index contributed by atoms with van der Waals surface area (Å²) in [6.45, 7) is -0.0430. The zero-order valence-electron chi connectivity index (χ0n) is 10.4. The molecule has 0 fully saturated rings. The van der Waals surface area contributed by atoms with E-state index in [9.17, 15) is 13.6 Å². The van der Waals surface area contributed by atoms with Crippen LogP contribution in [0.5, 0.6) is 0 Å². The molecule has 0 spiro atoms. The van der Waals surface area contributed by atoms with Gasteiger partial charge in [-0.15, -0.1) is 0 Å². The molecule has 20 heavy (non-hydrogen) atoms. The Bertz CT molecular complexity index is 634. The monoisotopic (exact) mass is 278 g/mol. The highest BCUT2D eigenvalue weighted by atomic mass is 19.1. The lowest BCUT2D eigenvalue weighted by atomic mass is 10.2. The molecule has 0 saturated heterocycles. The number of carbonyl (C=O) groups is 1. The Morgan fingerprint density at radius 2 is 2.05 bits per heavy atom. The Kier molecular flexibility index (Phi) is 4.21. The molecule has 0 saturated carbocycles. The van der Waals surface area contributed by atoms with Crippen LogP contribution in [0, 0.1) is 11.6 Å². The first-order valence-electron chi connectivity index (χ1n) is 5.75. The molecule has 2 aromatic rings. The summed E-state index contributed by atoms with van der Waals surface area (Å²) in [5.74, 6) is 3.75. The summed E-state index contributed by atoms with van der Waals surface area (Å²) < 4.78 is 26.1. The number of pyridine rings is 1. The van der Waals surface area contributed by atoms with Crippen molar-refractivity contribution in [2.24, 2.45) is 5.84 Å². The number of nitrogens with two attached hydrogens (primary N) is 1. The molecule has 1 amide bonds. The lowest BCUT2D eigenvalue weighted by Crippen LogP contribution is -2.23. The van der Waals surface area contributed by atoms with Gasteiger partial charge < -0.3 is 10.7 Å². The molecule has 0 radical (unpaired) electrons. The number of rotatable bonds is 4. The normalized spacial score (nSPS) is 10.2. The molecular weight excluding hydrogens is 266 g/mol. The van der Waals surface area contributed by atoms with Gasteiger partial charge in [0, 0.05) is 29.9 Å². The molecule has 2 rings (SSSR count). The predicted octanol–water partition coefficient (Wildman–Crippen LogP) is 1.58. The maximum atomic E-state index is 13.4. The second-order valence-corrected chi connectivity index (χ2v) is 3.99. The quantitative estimate of drug-likeness (QED) is 0.586. The third-order valence-electron chi connectivity index (χ3n) is 2.62. The maximum absolute atomic E-state index is 13.4. The highest BCUT2D eigenvalue weighted by molar-refractivity contribution is 5.94.